The molecule has 0 aliphatic rings. The van der Waals surface area contributed by atoms with E-state index in [2.05, 4.69) is 10.2 Å². The Morgan fingerprint density at radius 1 is 1.05 bits per heavy atom. The molecule has 3 N–H and O–H groups in total. The number of nitrogens with one attached hydrogen (secondary N) is 1. The van der Waals surface area contributed by atoms with Crippen molar-refractivity contribution >= 4 is 23.2 Å². The average Bonchev–Trinajstić information content (AvgIpc) is 2.44. The number of hydrogen-bond acceptors (Lipinski definition) is 3. The minimum absolute atomic E-state index is 0.0710. The van der Waals surface area contributed by atoms with Crippen molar-refractivity contribution in [3.63, 3.8) is 0 Å². The Labute approximate surface area is 130 Å². The van der Waals surface area contributed by atoms with Crippen molar-refractivity contribution < 1.29 is 13.5 Å². The first kappa shape index (κ1) is 16.0. The fraction of sp³-hybridized carbons (Fsp3) is 0.143. The smallest absolute Gasteiger partial charge is 0.387 e. The fourth-order valence-electron chi connectivity index (χ4n) is 1.94. The molecule has 0 amide bonds. The van der Waals surface area contributed by atoms with Gasteiger partial charge in [0, 0.05) is 10.0 Å². The predicted octanol–water partition coefficient (Wildman–Crippen LogP) is 4.15. The van der Waals surface area contributed by atoms with E-state index in [-0.39, 0.29) is 5.75 Å². The van der Waals surface area contributed by atoms with Gasteiger partial charge >= 0.3 is 6.61 Å². The number of halogens is 4. The molecule has 7 heteroatoms. The molecule has 21 heavy (non-hydrogen) atoms. The van der Waals surface area contributed by atoms with Gasteiger partial charge in [-0.1, -0.05) is 35.3 Å². The Hall–Kier alpha value is -1.40. The molecule has 3 nitrogen and oxygen atoms in total. The van der Waals surface area contributed by atoms with Crippen LogP contribution in [0.25, 0.3) is 0 Å². The molecule has 0 radical (unpaired) electrons. The second-order valence-electron chi connectivity index (χ2n) is 4.21. The van der Waals surface area contributed by atoms with Crippen molar-refractivity contribution in [2.45, 2.75) is 12.7 Å². The van der Waals surface area contributed by atoms with E-state index in [0.717, 1.165) is 5.56 Å². The van der Waals surface area contributed by atoms with E-state index in [0.29, 0.717) is 15.6 Å². The van der Waals surface area contributed by atoms with E-state index in [1.54, 1.807) is 30.3 Å². The first-order valence-electron chi connectivity index (χ1n) is 5.97. The highest BCUT2D eigenvalue weighted by Crippen LogP contribution is 2.31. The van der Waals surface area contributed by atoms with Gasteiger partial charge in [-0.2, -0.15) is 8.78 Å². The Balaban J connectivity index is 2.31. The quantitative estimate of drug-likeness (QED) is 0.638. The highest BCUT2D eigenvalue weighted by molar-refractivity contribution is 6.33. The second-order valence-corrected chi connectivity index (χ2v) is 5.06. The van der Waals surface area contributed by atoms with Crippen molar-refractivity contribution in [1.82, 2.24) is 5.43 Å². The van der Waals surface area contributed by atoms with Crippen LogP contribution in [0.3, 0.4) is 0 Å². The summed E-state index contributed by atoms with van der Waals surface area (Å²) in [6.07, 6.45) is 0. The third kappa shape index (κ3) is 4.04. The zero-order valence-electron chi connectivity index (χ0n) is 10.7. The normalized spacial score (nSPS) is 12.5. The number of alkyl halides is 2. The second kappa shape index (κ2) is 7.04. The third-order valence-electron chi connectivity index (χ3n) is 2.87. The van der Waals surface area contributed by atoms with Crippen LogP contribution in [0.2, 0.25) is 10.0 Å². The molecule has 1 unspecified atom stereocenters. The lowest BCUT2D eigenvalue weighted by Crippen LogP contribution is -2.29. The number of hydrogen-bond donors (Lipinski definition) is 2. The average molecular weight is 333 g/mol. The molecule has 2 rings (SSSR count). The fourth-order valence-corrected chi connectivity index (χ4v) is 2.35. The van der Waals surface area contributed by atoms with Gasteiger partial charge in [0.1, 0.15) is 5.75 Å². The lowest BCUT2D eigenvalue weighted by Gasteiger charge is -2.19. The topological polar surface area (TPSA) is 47.3 Å². The molecule has 0 aromatic heterocycles. The molecule has 0 saturated carbocycles. The number of hydrazine groups is 1. The third-order valence-corrected chi connectivity index (χ3v) is 3.45. The Morgan fingerprint density at radius 3 is 2.29 bits per heavy atom. The minimum Gasteiger partial charge on any atom is -0.435 e. The number of benzene rings is 2. The van der Waals surface area contributed by atoms with Crippen molar-refractivity contribution in [2.24, 2.45) is 5.84 Å². The molecular weight excluding hydrogens is 321 g/mol. The summed E-state index contributed by atoms with van der Waals surface area (Å²) in [5.74, 6) is 5.64. The lowest BCUT2D eigenvalue weighted by atomic mass is 9.99. The molecule has 0 aliphatic heterocycles. The maximum absolute atomic E-state index is 12.1. The summed E-state index contributed by atoms with van der Waals surface area (Å²) < 4.78 is 28.5. The van der Waals surface area contributed by atoms with Crippen LogP contribution < -0.4 is 16.0 Å². The van der Waals surface area contributed by atoms with Crippen LogP contribution in [0, 0.1) is 0 Å². The van der Waals surface area contributed by atoms with E-state index in [4.69, 9.17) is 29.0 Å². The lowest BCUT2D eigenvalue weighted by molar-refractivity contribution is -0.0498. The predicted molar refractivity (Wildman–Crippen MR) is 78.7 cm³/mol. The summed E-state index contributed by atoms with van der Waals surface area (Å²) in [7, 11) is 0. The highest BCUT2D eigenvalue weighted by Gasteiger charge is 2.16. The SMILES string of the molecule is NNC(c1ccc(OC(F)F)cc1)c1cc(Cl)ccc1Cl. The van der Waals surface area contributed by atoms with Gasteiger partial charge in [-0.3, -0.25) is 5.84 Å². The molecule has 2 aromatic rings. The summed E-state index contributed by atoms with van der Waals surface area (Å²) >= 11 is 12.1. The summed E-state index contributed by atoms with van der Waals surface area (Å²) in [4.78, 5) is 0. The minimum atomic E-state index is -2.86. The van der Waals surface area contributed by atoms with E-state index < -0.39 is 12.7 Å². The molecule has 0 aliphatic carbocycles. The Bertz CT molecular complexity index is 608. The summed E-state index contributed by atoms with van der Waals surface area (Å²) in [5.41, 5.74) is 4.06. The van der Waals surface area contributed by atoms with E-state index >= 15 is 0 Å². The van der Waals surface area contributed by atoms with Gasteiger partial charge in [-0.25, -0.2) is 5.43 Å². The number of ether oxygens (including phenoxy) is 1. The van der Waals surface area contributed by atoms with Crippen LogP contribution in [-0.2, 0) is 0 Å². The summed E-state index contributed by atoms with van der Waals surface area (Å²) in [6, 6.07) is 10.7. The monoisotopic (exact) mass is 332 g/mol. The van der Waals surface area contributed by atoms with Gasteiger partial charge in [-0.05, 0) is 41.5 Å². The van der Waals surface area contributed by atoms with Crippen molar-refractivity contribution in [1.29, 1.82) is 0 Å². The standard InChI is InChI=1S/C14H12Cl2F2N2O/c15-9-3-6-12(16)11(7-9)13(20-19)8-1-4-10(5-2-8)21-14(17)18/h1-7,13-14,20H,19H2. The maximum atomic E-state index is 12.1. The van der Waals surface area contributed by atoms with Gasteiger partial charge in [-0.15, -0.1) is 0 Å². The van der Waals surface area contributed by atoms with Gasteiger partial charge in [0.25, 0.3) is 0 Å². The molecule has 1 atom stereocenters. The largest absolute Gasteiger partial charge is 0.435 e. The molecule has 0 fully saturated rings. The zero-order chi connectivity index (χ0) is 15.4. The van der Waals surface area contributed by atoms with Crippen molar-refractivity contribution in [3.05, 3.63) is 63.6 Å². The van der Waals surface area contributed by atoms with Crippen LogP contribution in [0.4, 0.5) is 8.78 Å². The van der Waals surface area contributed by atoms with E-state index in [1.807, 2.05) is 0 Å². The highest BCUT2D eigenvalue weighted by atomic mass is 35.5. The van der Waals surface area contributed by atoms with Crippen molar-refractivity contribution in [3.8, 4) is 5.75 Å². The van der Waals surface area contributed by atoms with Crippen LogP contribution in [-0.4, -0.2) is 6.61 Å². The van der Waals surface area contributed by atoms with E-state index in [1.165, 1.54) is 12.1 Å². The molecular formula is C14H12Cl2F2N2O. The van der Waals surface area contributed by atoms with Gasteiger partial charge in [0.15, 0.2) is 0 Å². The Kier molecular flexibility index (Phi) is 5.36. The molecule has 112 valence electrons. The number of nitrogens with two attached hydrogens (primary N) is 1. The van der Waals surface area contributed by atoms with Gasteiger partial charge in [0.2, 0.25) is 0 Å². The van der Waals surface area contributed by atoms with Crippen LogP contribution in [0.5, 0.6) is 5.75 Å². The zero-order valence-corrected chi connectivity index (χ0v) is 12.2. The molecule has 0 bridgehead atoms. The molecule has 0 spiro atoms. The summed E-state index contributed by atoms with van der Waals surface area (Å²) in [5, 5.41) is 1.02. The summed E-state index contributed by atoms with van der Waals surface area (Å²) in [6.45, 7) is -2.86. The van der Waals surface area contributed by atoms with Gasteiger partial charge in [0.05, 0.1) is 6.04 Å². The Morgan fingerprint density at radius 2 is 1.71 bits per heavy atom. The molecule has 0 heterocycles. The maximum Gasteiger partial charge on any atom is 0.387 e. The first-order chi connectivity index (χ1) is 10.0. The van der Waals surface area contributed by atoms with Crippen LogP contribution in [0.15, 0.2) is 42.5 Å². The van der Waals surface area contributed by atoms with Crippen molar-refractivity contribution in [2.75, 3.05) is 0 Å². The van der Waals surface area contributed by atoms with Crippen LogP contribution in [0.1, 0.15) is 17.2 Å². The molecule has 0 saturated heterocycles. The molecule has 2 aromatic carbocycles. The number of rotatable bonds is 5. The van der Waals surface area contributed by atoms with Crippen LogP contribution >= 0.6 is 23.2 Å². The first-order valence-corrected chi connectivity index (χ1v) is 6.72. The van der Waals surface area contributed by atoms with E-state index in [9.17, 15) is 8.78 Å². The van der Waals surface area contributed by atoms with Gasteiger partial charge < -0.3 is 4.74 Å².